The van der Waals surface area contributed by atoms with E-state index in [4.69, 9.17) is 14.7 Å². The van der Waals surface area contributed by atoms with Crippen molar-refractivity contribution in [3.8, 4) is 17.6 Å². The van der Waals surface area contributed by atoms with Crippen LogP contribution in [-0.2, 0) is 11.2 Å². The molecule has 3 rings (SSSR count). The summed E-state index contributed by atoms with van der Waals surface area (Å²) < 4.78 is 10.9. The summed E-state index contributed by atoms with van der Waals surface area (Å²) in [4.78, 5) is 14.8. The highest BCUT2D eigenvalue weighted by Gasteiger charge is 2.31. The Kier molecular flexibility index (Phi) is 5.97. The Morgan fingerprint density at radius 3 is 2.63 bits per heavy atom. The van der Waals surface area contributed by atoms with Crippen molar-refractivity contribution in [3.63, 3.8) is 0 Å². The third kappa shape index (κ3) is 4.22. The van der Waals surface area contributed by atoms with Crippen molar-refractivity contribution >= 4 is 5.91 Å². The van der Waals surface area contributed by atoms with Crippen LogP contribution in [0.15, 0.2) is 42.5 Å². The number of aryl methyl sites for hydroxylation is 1. The molecule has 140 valence electrons. The van der Waals surface area contributed by atoms with Gasteiger partial charge in [-0.2, -0.15) is 5.26 Å². The van der Waals surface area contributed by atoms with E-state index in [1.54, 1.807) is 26.4 Å². The first-order chi connectivity index (χ1) is 13.2. The fraction of sp³-hybridized carbons (Fsp3) is 0.364. The molecule has 1 fully saturated rings. The lowest BCUT2D eigenvalue weighted by Gasteiger charge is -2.27. The van der Waals surface area contributed by atoms with Crippen molar-refractivity contribution in [2.24, 2.45) is 0 Å². The monoisotopic (exact) mass is 364 g/mol. The molecule has 2 aromatic carbocycles. The summed E-state index contributed by atoms with van der Waals surface area (Å²) in [5.41, 5.74) is 2.70. The largest absolute Gasteiger partial charge is 0.497 e. The van der Waals surface area contributed by atoms with Crippen LogP contribution in [0.3, 0.4) is 0 Å². The number of hydrogen-bond donors (Lipinski definition) is 0. The fourth-order valence-electron chi connectivity index (χ4n) is 3.63. The quantitative estimate of drug-likeness (QED) is 0.780. The van der Waals surface area contributed by atoms with E-state index in [1.165, 1.54) is 0 Å². The first-order valence-electron chi connectivity index (χ1n) is 9.16. The van der Waals surface area contributed by atoms with Gasteiger partial charge < -0.3 is 14.4 Å². The Hall–Kier alpha value is -3.00. The number of amides is 1. The molecule has 2 aromatic rings. The molecule has 1 saturated heterocycles. The molecule has 1 aliphatic rings. The van der Waals surface area contributed by atoms with Gasteiger partial charge in [-0.1, -0.05) is 12.1 Å². The van der Waals surface area contributed by atoms with Gasteiger partial charge in [-0.15, -0.1) is 0 Å². The van der Waals surface area contributed by atoms with Gasteiger partial charge in [0.15, 0.2) is 0 Å². The van der Waals surface area contributed by atoms with Crippen molar-refractivity contribution in [1.29, 1.82) is 5.26 Å². The van der Waals surface area contributed by atoms with Gasteiger partial charge in [0.2, 0.25) is 5.91 Å². The van der Waals surface area contributed by atoms with E-state index in [0.717, 1.165) is 42.0 Å². The molecule has 0 aliphatic carbocycles. The van der Waals surface area contributed by atoms with Gasteiger partial charge in [-0.05, 0) is 55.2 Å². The molecular weight excluding hydrogens is 340 g/mol. The van der Waals surface area contributed by atoms with E-state index in [0.29, 0.717) is 18.4 Å². The summed E-state index contributed by atoms with van der Waals surface area (Å²) in [6.07, 6.45) is 3.03. The Bertz CT molecular complexity index is 840. The average molecular weight is 364 g/mol. The minimum Gasteiger partial charge on any atom is -0.497 e. The molecule has 1 heterocycles. The zero-order valence-electron chi connectivity index (χ0n) is 15.8. The van der Waals surface area contributed by atoms with Crippen LogP contribution < -0.4 is 9.47 Å². The van der Waals surface area contributed by atoms with E-state index < -0.39 is 0 Å². The fourth-order valence-corrected chi connectivity index (χ4v) is 3.63. The molecule has 0 spiro atoms. The van der Waals surface area contributed by atoms with Gasteiger partial charge in [0.05, 0.1) is 31.9 Å². The van der Waals surface area contributed by atoms with Crippen molar-refractivity contribution < 1.29 is 14.3 Å². The third-order valence-electron chi connectivity index (χ3n) is 5.08. The van der Waals surface area contributed by atoms with Gasteiger partial charge >= 0.3 is 0 Å². The Morgan fingerprint density at radius 1 is 1.19 bits per heavy atom. The minimum absolute atomic E-state index is 0.0171. The summed E-state index contributed by atoms with van der Waals surface area (Å²) >= 11 is 0. The number of likely N-dealkylation sites (tertiary alicyclic amines) is 1. The highest BCUT2D eigenvalue weighted by molar-refractivity contribution is 5.77. The number of carbonyl (C=O) groups is 1. The van der Waals surface area contributed by atoms with E-state index in [1.807, 2.05) is 35.2 Å². The second kappa shape index (κ2) is 8.59. The average Bonchev–Trinajstić information content (AvgIpc) is 3.21. The highest BCUT2D eigenvalue weighted by Crippen LogP contribution is 2.39. The first-order valence-corrected chi connectivity index (χ1v) is 9.16. The van der Waals surface area contributed by atoms with E-state index in [9.17, 15) is 4.79 Å². The normalized spacial score (nSPS) is 16.0. The number of nitrogens with zero attached hydrogens (tertiary/aromatic N) is 2. The first kappa shape index (κ1) is 18.8. The van der Waals surface area contributed by atoms with Crippen molar-refractivity contribution in [2.75, 3.05) is 20.8 Å². The van der Waals surface area contributed by atoms with Crippen LogP contribution in [0, 0.1) is 11.3 Å². The molecule has 1 unspecified atom stereocenters. The molecular formula is C22H24N2O3. The molecule has 0 saturated carbocycles. The lowest BCUT2D eigenvalue weighted by Crippen LogP contribution is -2.31. The Labute approximate surface area is 160 Å². The number of rotatable bonds is 6. The maximum atomic E-state index is 12.9. The maximum Gasteiger partial charge on any atom is 0.223 e. The van der Waals surface area contributed by atoms with Crippen LogP contribution in [-0.4, -0.2) is 31.6 Å². The number of ether oxygens (including phenoxy) is 2. The second-order valence-corrected chi connectivity index (χ2v) is 6.66. The van der Waals surface area contributed by atoms with E-state index >= 15 is 0 Å². The van der Waals surface area contributed by atoms with Crippen molar-refractivity contribution in [1.82, 2.24) is 4.90 Å². The molecule has 5 heteroatoms. The molecule has 1 atom stereocenters. The van der Waals surface area contributed by atoms with Gasteiger partial charge in [-0.3, -0.25) is 4.79 Å². The van der Waals surface area contributed by atoms with E-state index in [-0.39, 0.29) is 11.9 Å². The molecule has 0 bridgehead atoms. The molecule has 5 nitrogen and oxygen atoms in total. The van der Waals surface area contributed by atoms with Crippen molar-refractivity contribution in [2.45, 2.75) is 31.7 Å². The SMILES string of the molecule is COc1ccc(OC)c(C2CCCN2C(=O)CCc2ccc(C#N)cc2)c1. The van der Waals surface area contributed by atoms with Gasteiger partial charge in [0.1, 0.15) is 11.5 Å². The van der Waals surface area contributed by atoms with Crippen LogP contribution in [0.5, 0.6) is 11.5 Å². The minimum atomic E-state index is 0.0171. The summed E-state index contributed by atoms with van der Waals surface area (Å²) in [5, 5.41) is 8.88. The summed E-state index contributed by atoms with van der Waals surface area (Å²) in [5.74, 6) is 1.70. The molecule has 0 radical (unpaired) electrons. The maximum absolute atomic E-state index is 12.9. The van der Waals surface area contributed by atoms with Crippen LogP contribution in [0.4, 0.5) is 0 Å². The zero-order chi connectivity index (χ0) is 19.2. The van der Waals surface area contributed by atoms with Crippen LogP contribution in [0.1, 0.15) is 42.0 Å². The van der Waals surface area contributed by atoms with Crippen molar-refractivity contribution in [3.05, 3.63) is 59.2 Å². The molecule has 1 aliphatic heterocycles. The Balaban J connectivity index is 1.72. The van der Waals surface area contributed by atoms with E-state index in [2.05, 4.69) is 6.07 Å². The van der Waals surface area contributed by atoms with Crippen LogP contribution in [0.25, 0.3) is 0 Å². The summed E-state index contributed by atoms with van der Waals surface area (Å²) in [7, 11) is 3.29. The third-order valence-corrected chi connectivity index (χ3v) is 5.08. The molecule has 1 amide bonds. The summed E-state index contributed by atoms with van der Waals surface area (Å²) in [6.45, 7) is 0.761. The van der Waals surface area contributed by atoms with Gasteiger partial charge in [0.25, 0.3) is 0 Å². The number of hydrogen-bond acceptors (Lipinski definition) is 4. The lowest BCUT2D eigenvalue weighted by molar-refractivity contribution is -0.132. The predicted octanol–water partition coefficient (Wildman–Crippen LogP) is 3.87. The smallest absolute Gasteiger partial charge is 0.223 e. The number of benzene rings is 2. The van der Waals surface area contributed by atoms with Gasteiger partial charge in [0, 0.05) is 18.5 Å². The second-order valence-electron chi connectivity index (χ2n) is 6.66. The zero-order valence-corrected chi connectivity index (χ0v) is 15.8. The number of nitriles is 1. The standard InChI is InChI=1S/C22H24N2O3/c1-26-18-10-11-21(27-2)19(14-18)20-4-3-13-24(20)22(25)12-9-16-5-7-17(15-23)8-6-16/h5-8,10-11,14,20H,3-4,9,12-13H2,1-2H3. The van der Waals surface area contributed by atoms with Crippen LogP contribution in [0.2, 0.25) is 0 Å². The molecule has 0 N–H and O–H groups in total. The molecule has 0 aromatic heterocycles. The predicted molar refractivity (Wildman–Crippen MR) is 103 cm³/mol. The number of carbonyl (C=O) groups excluding carboxylic acids is 1. The summed E-state index contributed by atoms with van der Waals surface area (Å²) in [6, 6.07) is 15.3. The number of methoxy groups -OCH3 is 2. The topological polar surface area (TPSA) is 62.6 Å². The van der Waals surface area contributed by atoms with Gasteiger partial charge in [-0.25, -0.2) is 0 Å². The Morgan fingerprint density at radius 2 is 1.96 bits per heavy atom. The molecule has 27 heavy (non-hydrogen) atoms. The lowest BCUT2D eigenvalue weighted by atomic mass is 10.0. The highest BCUT2D eigenvalue weighted by atomic mass is 16.5. The van der Waals surface area contributed by atoms with Crippen LogP contribution >= 0.6 is 0 Å².